The number of benzene rings is 2. The van der Waals surface area contributed by atoms with Crippen molar-refractivity contribution >= 4 is 0 Å². The smallest absolute Gasteiger partial charge is 0.107 e. The highest BCUT2D eigenvalue weighted by Crippen LogP contribution is 2.35. The van der Waals surface area contributed by atoms with Gasteiger partial charge in [0.15, 0.2) is 0 Å². The van der Waals surface area contributed by atoms with Crippen molar-refractivity contribution in [2.24, 2.45) is 0 Å². The minimum absolute atomic E-state index is 0.226. The minimum Gasteiger partial charge on any atom is -0.384 e. The molecule has 0 radical (unpaired) electrons. The van der Waals surface area contributed by atoms with Crippen LogP contribution in [-0.4, -0.2) is 34.1 Å². The molecule has 3 atom stereocenters. The first-order valence-electron chi connectivity index (χ1n) is 7.98. The zero-order chi connectivity index (χ0) is 16.3. The second-order valence-electron chi connectivity index (χ2n) is 6.25. The number of nitrogens with zero attached hydrogens (tertiary/aromatic N) is 1. The molecule has 1 unspecified atom stereocenters. The van der Waals surface area contributed by atoms with Gasteiger partial charge in [-0.1, -0.05) is 60.7 Å². The quantitative estimate of drug-likeness (QED) is 0.891. The molecule has 4 heteroatoms. The van der Waals surface area contributed by atoms with Crippen LogP contribution in [-0.2, 0) is 16.9 Å². The number of aliphatic hydroxyl groups is 1. The molecule has 122 valence electrons. The molecule has 0 aliphatic carbocycles. The summed E-state index contributed by atoms with van der Waals surface area (Å²) in [6, 6.07) is 18.9. The Morgan fingerprint density at radius 1 is 1.09 bits per heavy atom. The van der Waals surface area contributed by atoms with Gasteiger partial charge in [-0.15, -0.1) is 0 Å². The highest BCUT2D eigenvalue weighted by molar-refractivity contribution is 5.24. The first kappa shape index (κ1) is 16.1. The fourth-order valence-electron chi connectivity index (χ4n) is 3.30. The van der Waals surface area contributed by atoms with E-state index in [2.05, 4.69) is 0 Å². The van der Waals surface area contributed by atoms with Crippen LogP contribution < -0.4 is 0 Å². The molecule has 3 rings (SSSR count). The second kappa shape index (κ2) is 6.81. The number of hydrogen-bond donors (Lipinski definition) is 2. The normalized spacial score (nSPS) is 24.5. The van der Waals surface area contributed by atoms with Gasteiger partial charge in [-0.3, -0.25) is 0 Å². The van der Waals surface area contributed by atoms with E-state index in [1.54, 1.807) is 6.92 Å². The monoisotopic (exact) mass is 313 g/mol. The van der Waals surface area contributed by atoms with Crippen LogP contribution in [0.15, 0.2) is 60.7 Å². The maximum Gasteiger partial charge on any atom is 0.107 e. The molecule has 2 N–H and O–H groups in total. The van der Waals surface area contributed by atoms with Gasteiger partial charge in [0.2, 0.25) is 0 Å². The van der Waals surface area contributed by atoms with Gasteiger partial charge in [0.25, 0.3) is 0 Å². The molecule has 1 aliphatic rings. The van der Waals surface area contributed by atoms with Crippen molar-refractivity contribution < 1.29 is 15.1 Å². The van der Waals surface area contributed by atoms with Gasteiger partial charge < -0.3 is 15.1 Å². The summed E-state index contributed by atoms with van der Waals surface area (Å²) >= 11 is 0. The Morgan fingerprint density at radius 3 is 2.35 bits per heavy atom. The Morgan fingerprint density at radius 2 is 1.70 bits per heavy atom. The van der Waals surface area contributed by atoms with Gasteiger partial charge in [-0.05, 0) is 24.5 Å². The lowest BCUT2D eigenvalue weighted by Crippen LogP contribution is -2.50. The summed E-state index contributed by atoms with van der Waals surface area (Å²) in [5, 5.41) is 22.5. The molecule has 0 saturated carbocycles. The molecule has 2 aromatic carbocycles. The molecule has 0 aromatic heterocycles. The van der Waals surface area contributed by atoms with Gasteiger partial charge in [0, 0.05) is 6.54 Å². The molecule has 0 spiro atoms. The molecular weight excluding hydrogens is 290 g/mol. The van der Waals surface area contributed by atoms with Crippen LogP contribution in [0.1, 0.15) is 24.5 Å². The van der Waals surface area contributed by atoms with Crippen LogP contribution in [0.25, 0.3) is 0 Å². The molecule has 1 aliphatic heterocycles. The topological polar surface area (TPSA) is 52.9 Å². The average Bonchev–Trinajstić information content (AvgIpc) is 2.96. The van der Waals surface area contributed by atoms with Gasteiger partial charge in [-0.2, -0.15) is 5.06 Å². The SMILES string of the molecule is CC(O)(c1ccccc1)[C@@H]1[C@@H](OCc2ccccc2)CCN1O. The largest absolute Gasteiger partial charge is 0.384 e. The van der Waals surface area contributed by atoms with E-state index in [1.807, 2.05) is 60.7 Å². The van der Waals surface area contributed by atoms with Gasteiger partial charge in [0.1, 0.15) is 5.60 Å². The summed E-state index contributed by atoms with van der Waals surface area (Å²) in [5.74, 6) is 0. The maximum absolute atomic E-state index is 11.0. The van der Waals surface area contributed by atoms with Crippen LogP contribution in [0.2, 0.25) is 0 Å². The molecule has 0 bridgehead atoms. The van der Waals surface area contributed by atoms with Crippen molar-refractivity contribution in [1.82, 2.24) is 5.06 Å². The summed E-state index contributed by atoms with van der Waals surface area (Å²) in [5.41, 5.74) is 0.676. The lowest BCUT2D eigenvalue weighted by molar-refractivity contribution is -0.186. The number of ether oxygens (including phenoxy) is 1. The molecule has 1 fully saturated rings. The number of rotatable bonds is 5. The second-order valence-corrected chi connectivity index (χ2v) is 6.25. The van der Waals surface area contributed by atoms with Crippen molar-refractivity contribution in [3.05, 3.63) is 71.8 Å². The first-order valence-corrected chi connectivity index (χ1v) is 7.98. The summed E-state index contributed by atoms with van der Waals surface area (Å²) in [6.07, 6.45) is 0.465. The standard InChI is InChI=1S/C19H23NO3/c1-19(21,16-10-6-3-7-11-16)18-17(12-13-20(18)22)23-14-15-8-4-2-5-9-15/h2-11,17-18,21-22H,12-14H2,1H3/t17-,18-,19?/m0/s1. The van der Waals surface area contributed by atoms with Crippen LogP contribution in [0.5, 0.6) is 0 Å². The van der Waals surface area contributed by atoms with Crippen LogP contribution in [0.4, 0.5) is 0 Å². The van der Waals surface area contributed by atoms with E-state index in [9.17, 15) is 10.3 Å². The van der Waals surface area contributed by atoms with Crippen LogP contribution in [0.3, 0.4) is 0 Å². The zero-order valence-electron chi connectivity index (χ0n) is 13.3. The Kier molecular flexibility index (Phi) is 4.78. The van der Waals surface area contributed by atoms with E-state index < -0.39 is 11.6 Å². The van der Waals surface area contributed by atoms with E-state index in [4.69, 9.17) is 4.74 Å². The number of hydroxylamine groups is 2. The summed E-state index contributed by atoms with van der Waals surface area (Å²) in [4.78, 5) is 0. The molecule has 2 aromatic rings. The van der Waals surface area contributed by atoms with Crippen LogP contribution >= 0.6 is 0 Å². The van der Waals surface area contributed by atoms with Gasteiger partial charge >= 0.3 is 0 Å². The Bertz CT molecular complexity index is 615. The molecule has 4 nitrogen and oxygen atoms in total. The highest BCUT2D eigenvalue weighted by atomic mass is 16.5. The van der Waals surface area contributed by atoms with E-state index in [1.165, 1.54) is 5.06 Å². The third-order valence-corrected chi connectivity index (χ3v) is 4.56. The highest BCUT2D eigenvalue weighted by Gasteiger charge is 2.47. The van der Waals surface area contributed by atoms with Crippen LogP contribution in [0, 0.1) is 0 Å². The van der Waals surface area contributed by atoms with Crippen molar-refractivity contribution in [3.8, 4) is 0 Å². The van der Waals surface area contributed by atoms with E-state index in [0.717, 1.165) is 11.1 Å². The summed E-state index contributed by atoms with van der Waals surface area (Å²) < 4.78 is 6.02. The van der Waals surface area contributed by atoms with E-state index >= 15 is 0 Å². The lowest BCUT2D eigenvalue weighted by Gasteiger charge is -2.37. The minimum atomic E-state index is -1.19. The van der Waals surface area contributed by atoms with Crippen molar-refractivity contribution in [2.45, 2.75) is 37.7 Å². The maximum atomic E-state index is 11.0. The van der Waals surface area contributed by atoms with E-state index in [-0.39, 0.29) is 6.10 Å². The third kappa shape index (κ3) is 3.46. The van der Waals surface area contributed by atoms with Crippen molar-refractivity contribution in [3.63, 3.8) is 0 Å². The number of hydrogen-bond acceptors (Lipinski definition) is 4. The molecule has 23 heavy (non-hydrogen) atoms. The average molecular weight is 313 g/mol. The van der Waals surface area contributed by atoms with Gasteiger partial charge in [-0.25, -0.2) is 0 Å². The Balaban J connectivity index is 1.76. The third-order valence-electron chi connectivity index (χ3n) is 4.56. The fourth-order valence-corrected chi connectivity index (χ4v) is 3.30. The predicted molar refractivity (Wildman–Crippen MR) is 87.9 cm³/mol. The fraction of sp³-hybridized carbons (Fsp3) is 0.368. The van der Waals surface area contributed by atoms with Crippen molar-refractivity contribution in [1.29, 1.82) is 0 Å². The van der Waals surface area contributed by atoms with Crippen molar-refractivity contribution in [2.75, 3.05) is 6.54 Å². The van der Waals surface area contributed by atoms with E-state index in [0.29, 0.717) is 19.6 Å². The molecular formula is C19H23NO3. The lowest BCUT2D eigenvalue weighted by atomic mass is 9.86. The Hall–Kier alpha value is -1.72. The molecule has 1 heterocycles. The van der Waals surface area contributed by atoms with Gasteiger partial charge in [0.05, 0.1) is 18.8 Å². The Labute approximate surface area is 136 Å². The predicted octanol–water partition coefficient (Wildman–Crippen LogP) is 2.94. The first-order chi connectivity index (χ1) is 11.1. The summed E-state index contributed by atoms with van der Waals surface area (Å²) in [7, 11) is 0. The molecule has 1 saturated heterocycles. The summed E-state index contributed by atoms with van der Waals surface area (Å²) in [6.45, 7) is 2.70. The molecule has 0 amide bonds. The zero-order valence-corrected chi connectivity index (χ0v) is 13.3.